The van der Waals surface area contributed by atoms with Crippen LogP contribution in [0.5, 0.6) is 5.75 Å². The molecule has 0 aromatic heterocycles. The summed E-state index contributed by atoms with van der Waals surface area (Å²) >= 11 is 0. The summed E-state index contributed by atoms with van der Waals surface area (Å²) in [5.74, 6) is 0.448. The van der Waals surface area contributed by atoms with Crippen LogP contribution in [0, 0.1) is 20.8 Å². The van der Waals surface area contributed by atoms with E-state index in [2.05, 4.69) is 5.32 Å². The summed E-state index contributed by atoms with van der Waals surface area (Å²) in [6, 6.07) is 11.2. The topological polar surface area (TPSA) is 55.4 Å². The summed E-state index contributed by atoms with van der Waals surface area (Å²) < 4.78 is 5.30. The van der Waals surface area contributed by atoms with Crippen LogP contribution < -0.4 is 10.1 Å². The molecule has 2 aromatic carbocycles. The van der Waals surface area contributed by atoms with Gasteiger partial charge in [0.15, 0.2) is 5.78 Å². The van der Waals surface area contributed by atoms with E-state index in [-0.39, 0.29) is 11.7 Å². The second-order valence-corrected chi connectivity index (χ2v) is 7.23. The fourth-order valence-corrected chi connectivity index (χ4v) is 3.69. The third-order valence-electron chi connectivity index (χ3n) is 5.23. The van der Waals surface area contributed by atoms with Crippen molar-refractivity contribution in [3.8, 4) is 5.75 Å². The molecule has 1 N–H and O–H groups in total. The lowest BCUT2D eigenvalue weighted by Crippen LogP contribution is -2.59. The normalized spacial score (nSPS) is 15.1. The number of aryl methyl sites for hydroxylation is 2. The standard InChI is InChI=1S/C22H25NO3/c1-14-11-15(2)13-17(12-14)20(24)22(9-6-10-22)23-21(25)18-7-5-8-19(26-4)16(18)3/h5,7-8,11-13H,6,9-10H2,1-4H3,(H,23,25). The molecule has 0 atom stereocenters. The number of carbonyl (C=O) groups excluding carboxylic acids is 2. The number of ketones is 1. The van der Waals surface area contributed by atoms with Gasteiger partial charge in [-0.25, -0.2) is 0 Å². The van der Waals surface area contributed by atoms with Gasteiger partial charge in [-0.1, -0.05) is 23.3 Å². The van der Waals surface area contributed by atoms with E-state index in [1.54, 1.807) is 19.2 Å². The first-order chi connectivity index (χ1) is 12.4. The van der Waals surface area contributed by atoms with Crippen LogP contribution >= 0.6 is 0 Å². The van der Waals surface area contributed by atoms with Gasteiger partial charge in [-0.3, -0.25) is 9.59 Å². The summed E-state index contributed by atoms with van der Waals surface area (Å²) in [6.07, 6.45) is 2.29. The number of rotatable bonds is 5. The third-order valence-corrected chi connectivity index (χ3v) is 5.23. The molecule has 0 radical (unpaired) electrons. The van der Waals surface area contributed by atoms with Crippen LogP contribution in [-0.4, -0.2) is 24.3 Å². The number of ether oxygens (including phenoxy) is 1. The highest BCUT2D eigenvalue weighted by atomic mass is 16.5. The van der Waals surface area contributed by atoms with E-state index in [9.17, 15) is 9.59 Å². The Balaban J connectivity index is 1.89. The highest BCUT2D eigenvalue weighted by molar-refractivity contribution is 6.08. The summed E-state index contributed by atoms with van der Waals surface area (Å²) in [4.78, 5) is 26.1. The van der Waals surface area contributed by atoms with Gasteiger partial charge >= 0.3 is 0 Å². The van der Waals surface area contributed by atoms with Crippen LogP contribution in [0.1, 0.15) is 56.7 Å². The number of amides is 1. The van der Waals surface area contributed by atoms with Gasteiger partial charge in [-0.2, -0.15) is 0 Å². The lowest BCUT2D eigenvalue weighted by Gasteiger charge is -2.41. The van der Waals surface area contributed by atoms with Gasteiger partial charge in [0.2, 0.25) is 0 Å². The fourth-order valence-electron chi connectivity index (χ4n) is 3.69. The molecule has 1 aliphatic carbocycles. The van der Waals surface area contributed by atoms with E-state index in [1.165, 1.54) is 0 Å². The van der Waals surface area contributed by atoms with Crippen molar-refractivity contribution in [1.82, 2.24) is 5.32 Å². The molecule has 0 spiro atoms. The van der Waals surface area contributed by atoms with E-state index in [0.29, 0.717) is 29.7 Å². The van der Waals surface area contributed by atoms with Crippen molar-refractivity contribution in [3.05, 3.63) is 64.2 Å². The predicted octanol–water partition coefficient (Wildman–Crippen LogP) is 4.16. The minimum absolute atomic E-state index is 0.00412. The summed E-state index contributed by atoms with van der Waals surface area (Å²) in [5.41, 5.74) is 3.30. The molecule has 1 aliphatic rings. The molecule has 0 saturated heterocycles. The second kappa shape index (κ2) is 6.94. The van der Waals surface area contributed by atoms with Gasteiger partial charge in [0, 0.05) is 16.7 Å². The Kier molecular flexibility index (Phi) is 4.86. The van der Waals surface area contributed by atoms with Gasteiger partial charge in [-0.05, 0) is 64.3 Å². The Morgan fingerprint density at radius 2 is 1.69 bits per heavy atom. The van der Waals surface area contributed by atoms with E-state index >= 15 is 0 Å². The molecule has 1 fully saturated rings. The molecule has 2 aromatic rings. The van der Waals surface area contributed by atoms with Crippen LogP contribution in [0.4, 0.5) is 0 Å². The third kappa shape index (κ3) is 3.24. The monoisotopic (exact) mass is 351 g/mol. The number of Topliss-reactive ketones (excluding diaryl/α,β-unsaturated/α-hetero) is 1. The Hall–Kier alpha value is -2.62. The van der Waals surface area contributed by atoms with Crippen molar-refractivity contribution in [2.75, 3.05) is 7.11 Å². The highest BCUT2D eigenvalue weighted by Crippen LogP contribution is 2.36. The van der Waals surface area contributed by atoms with Crippen LogP contribution in [0.2, 0.25) is 0 Å². The first-order valence-corrected chi connectivity index (χ1v) is 8.95. The fraction of sp³-hybridized carbons (Fsp3) is 0.364. The van der Waals surface area contributed by atoms with Crippen molar-refractivity contribution in [2.24, 2.45) is 0 Å². The second-order valence-electron chi connectivity index (χ2n) is 7.23. The number of hydrogen-bond acceptors (Lipinski definition) is 3. The van der Waals surface area contributed by atoms with Crippen LogP contribution in [-0.2, 0) is 0 Å². The Labute approximate surface area is 154 Å². The van der Waals surface area contributed by atoms with Crippen molar-refractivity contribution in [3.63, 3.8) is 0 Å². The summed E-state index contributed by atoms with van der Waals surface area (Å²) in [7, 11) is 1.58. The molecule has 4 heteroatoms. The van der Waals surface area contributed by atoms with Crippen molar-refractivity contribution in [1.29, 1.82) is 0 Å². The molecular formula is C22H25NO3. The molecule has 1 amide bonds. The van der Waals surface area contributed by atoms with Crippen LogP contribution in [0.3, 0.4) is 0 Å². The zero-order valence-electron chi connectivity index (χ0n) is 15.8. The summed E-state index contributed by atoms with van der Waals surface area (Å²) in [6.45, 7) is 5.82. The van der Waals surface area contributed by atoms with Gasteiger partial charge in [0.1, 0.15) is 11.3 Å². The number of carbonyl (C=O) groups is 2. The largest absolute Gasteiger partial charge is 0.496 e. The molecular weight excluding hydrogens is 326 g/mol. The molecule has 0 bridgehead atoms. The van der Waals surface area contributed by atoms with Crippen molar-refractivity contribution >= 4 is 11.7 Å². The quantitative estimate of drug-likeness (QED) is 0.823. The van der Waals surface area contributed by atoms with Gasteiger partial charge < -0.3 is 10.1 Å². The zero-order valence-corrected chi connectivity index (χ0v) is 15.8. The molecule has 3 rings (SSSR count). The van der Waals surface area contributed by atoms with E-state index in [0.717, 1.165) is 23.1 Å². The minimum Gasteiger partial charge on any atom is -0.496 e. The zero-order chi connectivity index (χ0) is 18.9. The molecule has 136 valence electrons. The lowest BCUT2D eigenvalue weighted by molar-refractivity contribution is 0.0652. The van der Waals surface area contributed by atoms with Gasteiger partial charge in [0.05, 0.1) is 7.11 Å². The number of methoxy groups -OCH3 is 1. The predicted molar refractivity (Wildman–Crippen MR) is 102 cm³/mol. The first-order valence-electron chi connectivity index (χ1n) is 8.95. The van der Waals surface area contributed by atoms with E-state index < -0.39 is 5.54 Å². The smallest absolute Gasteiger partial charge is 0.252 e. The molecule has 1 saturated carbocycles. The maximum absolute atomic E-state index is 13.2. The SMILES string of the molecule is COc1cccc(C(=O)NC2(C(=O)c3cc(C)cc(C)c3)CCC2)c1C. The Morgan fingerprint density at radius 3 is 2.23 bits per heavy atom. The Morgan fingerprint density at radius 1 is 1.04 bits per heavy atom. The molecule has 0 heterocycles. The van der Waals surface area contributed by atoms with Crippen molar-refractivity contribution < 1.29 is 14.3 Å². The van der Waals surface area contributed by atoms with E-state index in [1.807, 2.05) is 45.0 Å². The van der Waals surface area contributed by atoms with E-state index in [4.69, 9.17) is 4.74 Å². The number of benzene rings is 2. The first kappa shape index (κ1) is 18.2. The van der Waals surface area contributed by atoms with Crippen LogP contribution in [0.15, 0.2) is 36.4 Å². The average molecular weight is 351 g/mol. The maximum atomic E-state index is 13.2. The van der Waals surface area contributed by atoms with Crippen molar-refractivity contribution in [2.45, 2.75) is 45.6 Å². The average Bonchev–Trinajstić information content (AvgIpc) is 2.56. The molecule has 4 nitrogen and oxygen atoms in total. The number of nitrogens with one attached hydrogen (secondary N) is 1. The number of hydrogen-bond donors (Lipinski definition) is 1. The Bertz CT molecular complexity index is 845. The minimum atomic E-state index is -0.799. The summed E-state index contributed by atoms with van der Waals surface area (Å²) in [5, 5.41) is 3.03. The van der Waals surface area contributed by atoms with Crippen LogP contribution in [0.25, 0.3) is 0 Å². The lowest BCUT2D eigenvalue weighted by atomic mass is 9.71. The molecule has 0 aliphatic heterocycles. The van der Waals surface area contributed by atoms with Gasteiger partial charge in [0.25, 0.3) is 5.91 Å². The molecule has 0 unspecified atom stereocenters. The maximum Gasteiger partial charge on any atom is 0.252 e. The molecule has 26 heavy (non-hydrogen) atoms. The van der Waals surface area contributed by atoms with Gasteiger partial charge in [-0.15, -0.1) is 0 Å². The highest BCUT2D eigenvalue weighted by Gasteiger charge is 2.45.